The van der Waals surface area contributed by atoms with Gasteiger partial charge in [0.25, 0.3) is 0 Å². The number of halogens is 1. The van der Waals surface area contributed by atoms with Crippen molar-refractivity contribution in [1.29, 1.82) is 0 Å². The molecule has 2 nitrogen and oxygen atoms in total. The minimum absolute atomic E-state index is 0.0576. The average molecular weight is 279 g/mol. The van der Waals surface area contributed by atoms with Crippen LogP contribution in [-0.2, 0) is 4.74 Å². The summed E-state index contributed by atoms with van der Waals surface area (Å²) in [4.78, 5) is 0. The van der Waals surface area contributed by atoms with Crippen molar-refractivity contribution >= 4 is 0 Å². The van der Waals surface area contributed by atoms with Gasteiger partial charge in [0.05, 0.1) is 6.61 Å². The fraction of sp³-hybridized carbons (Fsp3) is 0.647. The lowest BCUT2D eigenvalue weighted by molar-refractivity contribution is 0.108. The van der Waals surface area contributed by atoms with Crippen molar-refractivity contribution < 1.29 is 9.13 Å². The third-order valence-electron chi connectivity index (χ3n) is 3.57. The zero-order chi connectivity index (χ0) is 14.6. The summed E-state index contributed by atoms with van der Waals surface area (Å²) in [5.41, 5.74) is 1.07. The van der Waals surface area contributed by atoms with Crippen LogP contribution in [0.25, 0.3) is 0 Å². The van der Waals surface area contributed by atoms with Crippen molar-refractivity contribution in [2.75, 3.05) is 19.8 Å². The molecule has 0 spiro atoms. The van der Waals surface area contributed by atoms with Gasteiger partial charge in [-0.05, 0) is 57.2 Å². The van der Waals surface area contributed by atoms with Gasteiger partial charge in [-0.15, -0.1) is 0 Å². The van der Waals surface area contributed by atoms with Crippen LogP contribution >= 0.6 is 0 Å². The van der Waals surface area contributed by atoms with E-state index in [0.717, 1.165) is 24.6 Å². The highest BCUT2D eigenvalue weighted by atomic mass is 19.1. The summed E-state index contributed by atoms with van der Waals surface area (Å²) in [6, 6.07) is 6.87. The molecule has 0 radical (unpaired) electrons. The second kappa shape index (κ2) is 6.68. The first kappa shape index (κ1) is 15.5. The Kier molecular flexibility index (Phi) is 5.17. The van der Waals surface area contributed by atoms with E-state index in [1.807, 2.05) is 6.07 Å². The van der Waals surface area contributed by atoms with E-state index < -0.39 is 0 Å². The average Bonchev–Trinajstić information content (AvgIpc) is 3.16. The Bertz CT molecular complexity index is 423. The molecule has 1 aromatic carbocycles. The quantitative estimate of drug-likeness (QED) is 0.821. The van der Waals surface area contributed by atoms with Crippen LogP contribution in [0.3, 0.4) is 0 Å². The maximum absolute atomic E-state index is 13.4. The summed E-state index contributed by atoms with van der Waals surface area (Å²) >= 11 is 0. The van der Waals surface area contributed by atoms with E-state index in [9.17, 15) is 4.39 Å². The van der Waals surface area contributed by atoms with Gasteiger partial charge in [-0.1, -0.05) is 12.1 Å². The van der Waals surface area contributed by atoms with Crippen molar-refractivity contribution in [1.82, 2.24) is 5.32 Å². The highest BCUT2D eigenvalue weighted by Gasteiger charge is 2.22. The second-order valence-corrected chi connectivity index (χ2v) is 6.86. The largest absolute Gasteiger partial charge is 0.380 e. The number of hydrogen-bond acceptors (Lipinski definition) is 2. The normalized spacial score (nSPS) is 17.2. The third kappa shape index (κ3) is 5.59. The van der Waals surface area contributed by atoms with E-state index in [-0.39, 0.29) is 17.3 Å². The van der Waals surface area contributed by atoms with E-state index in [1.165, 1.54) is 18.9 Å². The molecule has 1 aromatic rings. The zero-order valence-corrected chi connectivity index (χ0v) is 12.8. The van der Waals surface area contributed by atoms with Crippen LogP contribution in [-0.4, -0.2) is 25.3 Å². The lowest BCUT2D eigenvalue weighted by Crippen LogP contribution is -2.39. The van der Waals surface area contributed by atoms with Crippen LogP contribution in [0.4, 0.5) is 4.39 Å². The summed E-state index contributed by atoms with van der Waals surface area (Å²) in [6.07, 6.45) is 2.59. The minimum atomic E-state index is -0.176. The van der Waals surface area contributed by atoms with E-state index in [1.54, 1.807) is 12.1 Å². The van der Waals surface area contributed by atoms with Gasteiger partial charge in [0.1, 0.15) is 5.82 Å². The highest BCUT2D eigenvalue weighted by Crippen LogP contribution is 2.29. The summed E-state index contributed by atoms with van der Waals surface area (Å²) in [7, 11) is 0. The molecule has 0 aromatic heterocycles. The molecule has 1 unspecified atom stereocenters. The molecule has 0 aliphatic heterocycles. The Morgan fingerprint density at radius 1 is 1.35 bits per heavy atom. The topological polar surface area (TPSA) is 21.3 Å². The van der Waals surface area contributed by atoms with Crippen LogP contribution in [0.5, 0.6) is 0 Å². The van der Waals surface area contributed by atoms with E-state index in [4.69, 9.17) is 4.74 Å². The first-order valence-corrected chi connectivity index (χ1v) is 7.52. The molecule has 1 saturated carbocycles. The molecule has 0 heterocycles. The number of hydrogen-bond donors (Lipinski definition) is 1. The van der Waals surface area contributed by atoms with Gasteiger partial charge >= 0.3 is 0 Å². The van der Waals surface area contributed by atoms with Crippen LogP contribution in [0.2, 0.25) is 0 Å². The zero-order valence-electron chi connectivity index (χ0n) is 12.8. The molecule has 0 saturated heterocycles. The summed E-state index contributed by atoms with van der Waals surface area (Å²) in [5.74, 6) is 0.785. The summed E-state index contributed by atoms with van der Waals surface area (Å²) in [5, 5.41) is 3.49. The van der Waals surface area contributed by atoms with Gasteiger partial charge in [-0.3, -0.25) is 0 Å². The molecule has 2 rings (SSSR count). The smallest absolute Gasteiger partial charge is 0.123 e. The van der Waals surface area contributed by atoms with Crippen molar-refractivity contribution in [3.8, 4) is 0 Å². The van der Waals surface area contributed by atoms with Crippen molar-refractivity contribution in [3.63, 3.8) is 0 Å². The molecule has 0 amide bonds. The van der Waals surface area contributed by atoms with Crippen LogP contribution < -0.4 is 5.32 Å². The maximum Gasteiger partial charge on any atom is 0.123 e. The second-order valence-electron chi connectivity index (χ2n) is 6.86. The Balaban J connectivity index is 1.94. The molecule has 1 fully saturated rings. The number of ether oxygens (including phenoxy) is 1. The van der Waals surface area contributed by atoms with Gasteiger partial charge in [0, 0.05) is 24.6 Å². The number of benzene rings is 1. The molecular weight excluding hydrogens is 253 g/mol. The van der Waals surface area contributed by atoms with Gasteiger partial charge in [-0.2, -0.15) is 0 Å². The molecular formula is C17H26FNO. The standard InChI is InChI=1S/C17H26FNO/c1-17(2,3)19-10-15(12-20-11-13-7-8-13)14-5-4-6-16(18)9-14/h4-6,9,13,15,19H,7-8,10-12H2,1-3H3. The number of rotatable bonds is 7. The van der Waals surface area contributed by atoms with Gasteiger partial charge < -0.3 is 10.1 Å². The van der Waals surface area contributed by atoms with Crippen LogP contribution in [0.15, 0.2) is 24.3 Å². The van der Waals surface area contributed by atoms with Gasteiger partial charge in [-0.25, -0.2) is 4.39 Å². The molecule has 0 bridgehead atoms. The molecule has 3 heteroatoms. The summed E-state index contributed by atoms with van der Waals surface area (Å²) in [6.45, 7) is 8.73. The fourth-order valence-electron chi connectivity index (χ4n) is 2.12. The lowest BCUT2D eigenvalue weighted by atomic mass is 9.98. The van der Waals surface area contributed by atoms with Crippen LogP contribution in [0, 0.1) is 11.7 Å². The predicted molar refractivity (Wildman–Crippen MR) is 80.4 cm³/mol. The predicted octanol–water partition coefficient (Wildman–Crippen LogP) is 3.72. The maximum atomic E-state index is 13.4. The first-order chi connectivity index (χ1) is 9.44. The molecule has 1 atom stereocenters. The number of nitrogens with one attached hydrogen (secondary N) is 1. The molecule has 1 aliphatic carbocycles. The van der Waals surface area contributed by atoms with Crippen molar-refractivity contribution in [2.45, 2.75) is 45.1 Å². The minimum Gasteiger partial charge on any atom is -0.380 e. The summed E-state index contributed by atoms with van der Waals surface area (Å²) < 4.78 is 19.2. The Morgan fingerprint density at radius 2 is 2.10 bits per heavy atom. The van der Waals surface area contributed by atoms with E-state index in [0.29, 0.717) is 6.61 Å². The van der Waals surface area contributed by atoms with Gasteiger partial charge in [0.15, 0.2) is 0 Å². The first-order valence-electron chi connectivity index (χ1n) is 7.52. The molecule has 112 valence electrons. The van der Waals surface area contributed by atoms with E-state index in [2.05, 4.69) is 26.1 Å². The van der Waals surface area contributed by atoms with Gasteiger partial charge in [0.2, 0.25) is 0 Å². The Morgan fingerprint density at radius 3 is 2.70 bits per heavy atom. The Labute approximate surface area is 121 Å². The lowest BCUT2D eigenvalue weighted by Gasteiger charge is -2.25. The molecule has 20 heavy (non-hydrogen) atoms. The Hall–Kier alpha value is -0.930. The fourth-order valence-corrected chi connectivity index (χ4v) is 2.12. The van der Waals surface area contributed by atoms with Crippen molar-refractivity contribution in [3.05, 3.63) is 35.6 Å². The third-order valence-corrected chi connectivity index (χ3v) is 3.57. The molecule has 1 aliphatic rings. The SMILES string of the molecule is CC(C)(C)NCC(COCC1CC1)c1cccc(F)c1. The van der Waals surface area contributed by atoms with Crippen LogP contribution in [0.1, 0.15) is 45.1 Å². The van der Waals surface area contributed by atoms with Crippen molar-refractivity contribution in [2.24, 2.45) is 5.92 Å². The van der Waals surface area contributed by atoms with E-state index >= 15 is 0 Å². The highest BCUT2D eigenvalue weighted by molar-refractivity contribution is 5.21. The monoisotopic (exact) mass is 279 g/mol. The molecule has 1 N–H and O–H groups in total.